The van der Waals surface area contributed by atoms with Crippen molar-refractivity contribution in [3.63, 3.8) is 0 Å². The van der Waals surface area contributed by atoms with Crippen LogP contribution in [0.2, 0.25) is 0 Å². The van der Waals surface area contributed by atoms with Crippen molar-refractivity contribution < 1.29 is 13.5 Å². The number of aliphatic imine (C=N–C) groups is 1. The summed E-state index contributed by atoms with van der Waals surface area (Å²) in [5.74, 6) is 1.63. The van der Waals surface area contributed by atoms with Crippen LogP contribution >= 0.6 is 11.8 Å². The predicted molar refractivity (Wildman–Crippen MR) is 161 cm³/mol. The van der Waals surface area contributed by atoms with Gasteiger partial charge in [-0.05, 0) is 76.0 Å². The Morgan fingerprint density at radius 1 is 1.05 bits per heavy atom. The number of hydrogen-bond donors (Lipinski definition) is 0. The molecule has 3 saturated heterocycles. The predicted octanol–water partition coefficient (Wildman–Crippen LogP) is 6.52. The summed E-state index contributed by atoms with van der Waals surface area (Å²) >= 11 is 1.92. The molecule has 40 heavy (non-hydrogen) atoms. The van der Waals surface area contributed by atoms with E-state index in [1.807, 2.05) is 18.7 Å². The number of benzene rings is 2. The number of anilines is 1. The molecule has 0 N–H and O–H groups in total. The second-order valence-electron chi connectivity index (χ2n) is 10.9. The molecule has 0 amide bonds. The zero-order valence-electron chi connectivity index (χ0n) is 23.0. The summed E-state index contributed by atoms with van der Waals surface area (Å²) in [5, 5.41) is 0.965. The van der Waals surface area contributed by atoms with E-state index in [0.29, 0.717) is 34.3 Å². The molecule has 0 aliphatic carbocycles. The molecule has 1 aromatic heterocycles. The molecule has 0 spiro atoms. The topological polar surface area (TPSA) is 53.9 Å². The lowest BCUT2D eigenvalue weighted by Crippen LogP contribution is -2.43. The summed E-state index contributed by atoms with van der Waals surface area (Å²) in [7, 11) is 0. The second kappa shape index (κ2) is 11.4. The van der Waals surface area contributed by atoms with Crippen molar-refractivity contribution in [3.8, 4) is 6.01 Å². The zero-order chi connectivity index (χ0) is 27.7. The summed E-state index contributed by atoms with van der Waals surface area (Å²) in [6, 6.07) is 10.2. The molecule has 3 aliphatic rings. The molecule has 0 bridgehead atoms. The highest BCUT2D eigenvalue weighted by atomic mass is 32.2. The Balaban J connectivity index is 1.45. The van der Waals surface area contributed by atoms with Crippen LogP contribution < -0.4 is 9.64 Å². The average molecular weight is 564 g/mol. The number of hydrogen-bond acceptors (Lipinski definition) is 7. The Labute approximate surface area is 238 Å². The van der Waals surface area contributed by atoms with Gasteiger partial charge >= 0.3 is 6.01 Å². The number of rotatable bonds is 7. The Kier molecular flexibility index (Phi) is 7.77. The maximum Gasteiger partial charge on any atom is 0.319 e. The van der Waals surface area contributed by atoms with Gasteiger partial charge < -0.3 is 9.64 Å². The van der Waals surface area contributed by atoms with Gasteiger partial charge in [-0.15, -0.1) is 0 Å². The van der Waals surface area contributed by atoms with Crippen molar-refractivity contribution in [2.45, 2.75) is 44.6 Å². The van der Waals surface area contributed by atoms with Crippen molar-refractivity contribution in [3.05, 3.63) is 59.0 Å². The van der Waals surface area contributed by atoms with E-state index >= 15 is 4.39 Å². The van der Waals surface area contributed by atoms with Gasteiger partial charge in [0, 0.05) is 35.4 Å². The maximum absolute atomic E-state index is 16.6. The normalized spacial score (nSPS) is 19.8. The molecule has 3 fully saturated rings. The summed E-state index contributed by atoms with van der Waals surface area (Å²) in [4.78, 5) is 18.3. The van der Waals surface area contributed by atoms with Crippen LogP contribution in [0.3, 0.4) is 0 Å². The standard InChI is InChI=1S/C31H35F2N5OS/c1-21-27(26(33)28(34-2)23-10-3-8-22-9-4-11-24(32)25(22)23)35-30(36-29(21)37-14-7-18-40-19-17-37)39-20-31-12-5-15-38(31)16-6-13-31/h3-4,8-11H,2,5-7,12-20H2,1H3/b28-26+. The highest BCUT2D eigenvalue weighted by molar-refractivity contribution is 7.99. The van der Waals surface area contributed by atoms with Gasteiger partial charge in [0.05, 0.1) is 5.54 Å². The van der Waals surface area contributed by atoms with Gasteiger partial charge in [-0.25, -0.2) is 8.78 Å². The quantitative estimate of drug-likeness (QED) is 0.305. The van der Waals surface area contributed by atoms with Crippen LogP contribution in [0, 0.1) is 12.7 Å². The Hall–Kier alpha value is -3.04. The molecule has 3 aliphatic heterocycles. The minimum absolute atomic E-state index is 0.0104. The zero-order valence-corrected chi connectivity index (χ0v) is 23.8. The van der Waals surface area contributed by atoms with Crippen molar-refractivity contribution in [2.24, 2.45) is 4.99 Å². The van der Waals surface area contributed by atoms with Gasteiger partial charge in [-0.1, -0.05) is 30.3 Å². The van der Waals surface area contributed by atoms with Crippen molar-refractivity contribution in [1.29, 1.82) is 0 Å². The first-order valence-corrected chi connectivity index (χ1v) is 15.3. The maximum atomic E-state index is 16.6. The number of aromatic nitrogens is 2. The average Bonchev–Trinajstić information content (AvgIpc) is 3.43. The largest absolute Gasteiger partial charge is 0.461 e. The number of fused-ring (bicyclic) bond motifs is 2. The van der Waals surface area contributed by atoms with Crippen LogP contribution in [0.25, 0.3) is 22.3 Å². The molecular formula is C31H35F2N5OS. The molecular weight excluding hydrogens is 528 g/mol. The lowest BCUT2D eigenvalue weighted by Gasteiger charge is -2.31. The minimum Gasteiger partial charge on any atom is -0.461 e. The van der Waals surface area contributed by atoms with Gasteiger partial charge in [0.15, 0.2) is 5.83 Å². The fourth-order valence-electron chi connectivity index (χ4n) is 6.57. The third-order valence-electron chi connectivity index (χ3n) is 8.59. The third kappa shape index (κ3) is 4.98. The summed E-state index contributed by atoms with van der Waals surface area (Å²) < 4.78 is 37.9. The molecule has 2 aromatic carbocycles. The van der Waals surface area contributed by atoms with E-state index in [0.717, 1.165) is 69.8 Å². The number of thioether (sulfide) groups is 1. The second-order valence-corrected chi connectivity index (χ2v) is 12.2. The van der Waals surface area contributed by atoms with Crippen molar-refractivity contribution >= 4 is 46.6 Å². The van der Waals surface area contributed by atoms with E-state index in [-0.39, 0.29) is 22.9 Å². The molecule has 6 nitrogen and oxygen atoms in total. The van der Waals surface area contributed by atoms with Crippen LogP contribution in [0.15, 0.2) is 41.4 Å². The smallest absolute Gasteiger partial charge is 0.319 e. The van der Waals surface area contributed by atoms with E-state index in [4.69, 9.17) is 9.72 Å². The van der Waals surface area contributed by atoms with E-state index in [1.54, 1.807) is 30.3 Å². The van der Waals surface area contributed by atoms with Gasteiger partial charge in [0.2, 0.25) is 0 Å². The molecule has 9 heteroatoms. The van der Waals surface area contributed by atoms with Gasteiger partial charge in [0.25, 0.3) is 0 Å². The van der Waals surface area contributed by atoms with Crippen LogP contribution in [0.5, 0.6) is 6.01 Å². The van der Waals surface area contributed by atoms with E-state index in [9.17, 15) is 4.39 Å². The lowest BCUT2D eigenvalue weighted by molar-refractivity contribution is 0.107. The number of halogens is 2. The monoisotopic (exact) mass is 563 g/mol. The van der Waals surface area contributed by atoms with Crippen molar-refractivity contribution in [1.82, 2.24) is 14.9 Å². The Bertz CT molecular complexity index is 1440. The fourth-order valence-corrected chi connectivity index (χ4v) is 7.45. The molecule has 6 rings (SSSR count). The van der Waals surface area contributed by atoms with Crippen LogP contribution in [0.1, 0.15) is 48.9 Å². The Morgan fingerprint density at radius 2 is 1.82 bits per heavy atom. The summed E-state index contributed by atoms with van der Waals surface area (Å²) in [6.45, 7) is 9.80. The number of ether oxygens (including phenoxy) is 1. The van der Waals surface area contributed by atoms with Crippen molar-refractivity contribution in [2.75, 3.05) is 49.2 Å². The first-order valence-electron chi connectivity index (χ1n) is 14.1. The molecule has 0 unspecified atom stereocenters. The first-order chi connectivity index (χ1) is 19.5. The van der Waals surface area contributed by atoms with Gasteiger partial charge in [-0.3, -0.25) is 9.89 Å². The first kappa shape index (κ1) is 27.1. The van der Waals surface area contributed by atoms with E-state index < -0.39 is 11.6 Å². The molecule has 0 saturated carbocycles. The minimum atomic E-state index is -0.664. The highest BCUT2D eigenvalue weighted by Crippen LogP contribution is 2.40. The highest BCUT2D eigenvalue weighted by Gasteiger charge is 2.45. The van der Waals surface area contributed by atoms with E-state index in [2.05, 4.69) is 26.5 Å². The fraction of sp³-hybridized carbons (Fsp3) is 0.452. The van der Waals surface area contributed by atoms with Crippen LogP contribution in [-0.2, 0) is 0 Å². The van der Waals surface area contributed by atoms with Gasteiger partial charge in [-0.2, -0.15) is 21.7 Å². The third-order valence-corrected chi connectivity index (χ3v) is 9.63. The van der Waals surface area contributed by atoms with Gasteiger partial charge in [0.1, 0.15) is 29.6 Å². The molecule has 0 atom stereocenters. The lowest BCUT2D eigenvalue weighted by atomic mass is 9.95. The summed E-state index contributed by atoms with van der Waals surface area (Å²) in [5.41, 5.74) is 1.02. The Morgan fingerprint density at radius 3 is 2.60 bits per heavy atom. The van der Waals surface area contributed by atoms with Crippen LogP contribution in [-0.4, -0.2) is 71.4 Å². The molecule has 3 aromatic rings. The molecule has 210 valence electrons. The summed E-state index contributed by atoms with van der Waals surface area (Å²) in [6.07, 6.45) is 5.52. The van der Waals surface area contributed by atoms with E-state index in [1.165, 1.54) is 6.07 Å². The number of nitrogens with zero attached hydrogens (tertiary/aromatic N) is 5. The van der Waals surface area contributed by atoms with Crippen LogP contribution in [0.4, 0.5) is 14.6 Å². The molecule has 0 radical (unpaired) electrons. The molecule has 4 heterocycles. The SMILES string of the molecule is C=N/C(=C(/F)c1nc(OCC23CCCN2CCC3)nc(N2CCCSCC2)c1C)c1cccc2cccc(F)c12.